The molecule has 1 unspecified atom stereocenters. The van der Waals surface area contributed by atoms with Crippen molar-refractivity contribution < 1.29 is 4.74 Å². The topological polar surface area (TPSA) is 59.0 Å². The summed E-state index contributed by atoms with van der Waals surface area (Å²) in [5.41, 5.74) is 8.21. The quantitative estimate of drug-likeness (QED) is 0.842. The Morgan fingerprint density at radius 3 is 2.38 bits per heavy atom. The first-order valence-corrected chi connectivity index (χ1v) is 5.42. The molecule has 0 aromatic heterocycles. The molecule has 86 valence electrons. The number of hydrogen-bond donors (Lipinski definition) is 1. The molecule has 0 fully saturated rings. The van der Waals surface area contributed by atoms with E-state index in [9.17, 15) is 0 Å². The molecule has 16 heavy (non-hydrogen) atoms. The highest BCUT2D eigenvalue weighted by Gasteiger charge is 2.08. The van der Waals surface area contributed by atoms with Crippen molar-refractivity contribution in [1.29, 1.82) is 5.26 Å². The molecule has 0 aliphatic carbocycles. The van der Waals surface area contributed by atoms with Crippen molar-refractivity contribution in [2.75, 3.05) is 13.2 Å². The van der Waals surface area contributed by atoms with Gasteiger partial charge >= 0.3 is 0 Å². The third-order valence-electron chi connectivity index (χ3n) is 2.50. The van der Waals surface area contributed by atoms with E-state index < -0.39 is 0 Å². The lowest BCUT2D eigenvalue weighted by Gasteiger charge is -2.15. The van der Waals surface area contributed by atoms with Crippen LogP contribution in [0.5, 0.6) is 5.75 Å². The molecule has 0 saturated carbocycles. The van der Waals surface area contributed by atoms with Gasteiger partial charge in [-0.3, -0.25) is 0 Å². The van der Waals surface area contributed by atoms with Gasteiger partial charge in [-0.05, 0) is 43.7 Å². The lowest BCUT2D eigenvalue weighted by atomic mass is 10.1. The van der Waals surface area contributed by atoms with Gasteiger partial charge in [0, 0.05) is 5.92 Å². The Balaban J connectivity index is 2.85. The summed E-state index contributed by atoms with van der Waals surface area (Å²) < 4.78 is 5.73. The van der Waals surface area contributed by atoms with E-state index in [-0.39, 0.29) is 0 Å². The fraction of sp³-hybridized carbons (Fsp3) is 0.462. The minimum Gasteiger partial charge on any atom is -0.493 e. The smallest absolute Gasteiger partial charge is 0.125 e. The van der Waals surface area contributed by atoms with E-state index in [1.165, 1.54) is 0 Å². The number of hydrogen-bond acceptors (Lipinski definition) is 3. The van der Waals surface area contributed by atoms with Crippen molar-refractivity contribution in [2.45, 2.75) is 20.8 Å². The van der Waals surface area contributed by atoms with Gasteiger partial charge in [-0.15, -0.1) is 0 Å². The minimum absolute atomic E-state index is 0.342. The van der Waals surface area contributed by atoms with E-state index in [1.807, 2.05) is 32.9 Å². The maximum Gasteiger partial charge on any atom is 0.125 e. The Morgan fingerprint density at radius 1 is 1.38 bits per heavy atom. The van der Waals surface area contributed by atoms with E-state index in [4.69, 9.17) is 15.7 Å². The zero-order valence-corrected chi connectivity index (χ0v) is 10.1. The van der Waals surface area contributed by atoms with Gasteiger partial charge in [0.05, 0.1) is 18.2 Å². The highest BCUT2D eigenvalue weighted by atomic mass is 16.5. The van der Waals surface area contributed by atoms with Crippen LogP contribution in [0.3, 0.4) is 0 Å². The number of nitrogens with two attached hydrogens (primary N) is 1. The van der Waals surface area contributed by atoms with Crippen molar-refractivity contribution in [2.24, 2.45) is 11.7 Å². The van der Waals surface area contributed by atoms with Crippen molar-refractivity contribution in [1.82, 2.24) is 0 Å². The Hall–Kier alpha value is -1.53. The van der Waals surface area contributed by atoms with Crippen LogP contribution in [0.15, 0.2) is 12.1 Å². The summed E-state index contributed by atoms with van der Waals surface area (Å²) in [6, 6.07) is 5.82. The zero-order chi connectivity index (χ0) is 12.1. The van der Waals surface area contributed by atoms with Crippen LogP contribution in [0.1, 0.15) is 23.6 Å². The first kappa shape index (κ1) is 12.5. The van der Waals surface area contributed by atoms with Gasteiger partial charge in [0.15, 0.2) is 0 Å². The maximum absolute atomic E-state index is 8.83. The zero-order valence-electron chi connectivity index (χ0n) is 10.1. The molecule has 1 aromatic carbocycles. The molecular formula is C13H18N2O. The Morgan fingerprint density at radius 2 is 1.94 bits per heavy atom. The second-order valence-electron chi connectivity index (χ2n) is 4.20. The average Bonchev–Trinajstić information content (AvgIpc) is 2.27. The molecular weight excluding hydrogens is 200 g/mol. The van der Waals surface area contributed by atoms with E-state index in [0.29, 0.717) is 24.6 Å². The number of nitriles is 1. The van der Waals surface area contributed by atoms with Crippen molar-refractivity contribution in [3.8, 4) is 11.8 Å². The Bertz CT molecular complexity index is 384. The number of aryl methyl sites for hydroxylation is 2. The Kier molecular flexibility index (Phi) is 4.33. The summed E-state index contributed by atoms with van der Waals surface area (Å²) in [4.78, 5) is 0. The lowest BCUT2D eigenvalue weighted by molar-refractivity contribution is 0.261. The predicted molar refractivity (Wildman–Crippen MR) is 64.3 cm³/mol. The summed E-state index contributed by atoms with van der Waals surface area (Å²) >= 11 is 0. The number of rotatable bonds is 4. The highest BCUT2D eigenvalue weighted by molar-refractivity contribution is 5.47. The molecule has 3 nitrogen and oxygen atoms in total. The monoisotopic (exact) mass is 218 g/mol. The van der Waals surface area contributed by atoms with E-state index in [1.54, 1.807) is 0 Å². The summed E-state index contributed by atoms with van der Waals surface area (Å²) in [7, 11) is 0. The van der Waals surface area contributed by atoms with Crippen LogP contribution in [0.25, 0.3) is 0 Å². The standard InChI is InChI=1S/C13H18N2O/c1-9(6-14)8-16-13-10(2)4-12(7-15)5-11(13)3/h4-5,9H,6,8,14H2,1-3H3. The second kappa shape index (κ2) is 5.53. The fourth-order valence-electron chi connectivity index (χ4n) is 1.54. The molecule has 3 heteroatoms. The van der Waals surface area contributed by atoms with E-state index in [2.05, 4.69) is 6.07 Å². The molecule has 0 amide bonds. The SMILES string of the molecule is Cc1cc(C#N)cc(C)c1OCC(C)CN. The summed E-state index contributed by atoms with van der Waals surface area (Å²) in [6.45, 7) is 7.19. The minimum atomic E-state index is 0.342. The highest BCUT2D eigenvalue weighted by Crippen LogP contribution is 2.24. The first-order valence-electron chi connectivity index (χ1n) is 5.42. The molecule has 1 rings (SSSR count). The van der Waals surface area contributed by atoms with Gasteiger partial charge in [-0.25, -0.2) is 0 Å². The lowest BCUT2D eigenvalue weighted by Crippen LogP contribution is -2.18. The van der Waals surface area contributed by atoms with Crippen LogP contribution in [0.2, 0.25) is 0 Å². The van der Waals surface area contributed by atoms with Crippen LogP contribution in [0.4, 0.5) is 0 Å². The molecule has 0 aliphatic rings. The third kappa shape index (κ3) is 2.98. The van der Waals surface area contributed by atoms with Crippen molar-refractivity contribution >= 4 is 0 Å². The molecule has 0 heterocycles. The largest absolute Gasteiger partial charge is 0.493 e. The summed E-state index contributed by atoms with van der Waals surface area (Å²) in [6.07, 6.45) is 0. The van der Waals surface area contributed by atoms with Gasteiger partial charge in [0.2, 0.25) is 0 Å². The van der Waals surface area contributed by atoms with Gasteiger partial charge in [0.1, 0.15) is 5.75 Å². The second-order valence-corrected chi connectivity index (χ2v) is 4.20. The molecule has 0 saturated heterocycles. The molecule has 1 atom stereocenters. The van der Waals surface area contributed by atoms with E-state index in [0.717, 1.165) is 16.9 Å². The molecule has 0 radical (unpaired) electrons. The van der Waals surface area contributed by atoms with Crippen LogP contribution in [0, 0.1) is 31.1 Å². The van der Waals surface area contributed by atoms with Gasteiger partial charge < -0.3 is 10.5 Å². The maximum atomic E-state index is 8.83. The molecule has 2 N–H and O–H groups in total. The van der Waals surface area contributed by atoms with Crippen molar-refractivity contribution in [3.05, 3.63) is 28.8 Å². The molecule has 1 aromatic rings. The summed E-state index contributed by atoms with van der Waals surface area (Å²) in [5.74, 6) is 1.22. The average molecular weight is 218 g/mol. The van der Waals surface area contributed by atoms with Gasteiger partial charge in [-0.1, -0.05) is 6.92 Å². The van der Waals surface area contributed by atoms with Crippen LogP contribution >= 0.6 is 0 Å². The number of nitrogens with zero attached hydrogens (tertiary/aromatic N) is 1. The Labute approximate surface area is 96.8 Å². The molecule has 0 bridgehead atoms. The van der Waals surface area contributed by atoms with Crippen molar-refractivity contribution in [3.63, 3.8) is 0 Å². The van der Waals surface area contributed by atoms with Crippen LogP contribution in [-0.4, -0.2) is 13.2 Å². The molecule has 0 spiro atoms. The van der Waals surface area contributed by atoms with Gasteiger partial charge in [0.25, 0.3) is 0 Å². The number of ether oxygens (including phenoxy) is 1. The first-order chi connectivity index (χ1) is 7.58. The van der Waals surface area contributed by atoms with E-state index >= 15 is 0 Å². The van der Waals surface area contributed by atoms with Crippen LogP contribution < -0.4 is 10.5 Å². The normalized spacial score (nSPS) is 11.9. The molecule has 0 aliphatic heterocycles. The third-order valence-corrected chi connectivity index (χ3v) is 2.50. The fourth-order valence-corrected chi connectivity index (χ4v) is 1.54. The van der Waals surface area contributed by atoms with Gasteiger partial charge in [-0.2, -0.15) is 5.26 Å². The predicted octanol–water partition coefficient (Wildman–Crippen LogP) is 2.15. The summed E-state index contributed by atoms with van der Waals surface area (Å²) in [5, 5.41) is 8.83. The number of benzene rings is 1. The van der Waals surface area contributed by atoms with Crippen LogP contribution in [-0.2, 0) is 0 Å².